The van der Waals surface area contributed by atoms with Crippen LogP contribution in [0.25, 0.3) is 98.4 Å². The van der Waals surface area contributed by atoms with Gasteiger partial charge in [0.25, 0.3) is 0 Å². The van der Waals surface area contributed by atoms with E-state index in [0.29, 0.717) is 0 Å². The second kappa shape index (κ2) is 10.2. The zero-order chi connectivity index (χ0) is 30.9. The van der Waals surface area contributed by atoms with Crippen molar-refractivity contribution >= 4 is 65.0 Å². The molecule has 0 N–H and O–H groups in total. The quantitative estimate of drug-likeness (QED) is 0.185. The van der Waals surface area contributed by atoms with Crippen LogP contribution in [0.1, 0.15) is 0 Å². The van der Waals surface area contributed by atoms with E-state index in [1.807, 2.05) is 6.07 Å². The summed E-state index contributed by atoms with van der Waals surface area (Å²) < 4.78 is 6.29. The topological polar surface area (TPSA) is 13.1 Å². The first-order valence-corrected chi connectivity index (χ1v) is 16.2. The summed E-state index contributed by atoms with van der Waals surface area (Å²) in [5.41, 5.74) is 9.27. The number of benzene rings is 9. The van der Waals surface area contributed by atoms with Crippen molar-refractivity contribution in [2.45, 2.75) is 0 Å². The van der Waals surface area contributed by atoms with Gasteiger partial charge in [-0.05, 0) is 94.7 Å². The Balaban J connectivity index is 1.28. The number of hydrogen-bond donors (Lipinski definition) is 0. The van der Waals surface area contributed by atoms with E-state index in [4.69, 9.17) is 4.42 Å². The summed E-state index contributed by atoms with van der Waals surface area (Å²) in [6.07, 6.45) is 0. The largest absolute Gasteiger partial charge is 0.456 e. The van der Waals surface area contributed by atoms with E-state index < -0.39 is 0 Å². The molecule has 10 aromatic rings. The molecule has 0 radical (unpaired) electrons. The molecule has 0 unspecified atom stereocenters. The molecule has 10 rings (SSSR count). The number of fused-ring (bicyclic) bond motifs is 7. The van der Waals surface area contributed by atoms with Crippen molar-refractivity contribution < 1.29 is 4.42 Å². The fourth-order valence-corrected chi connectivity index (χ4v) is 7.84. The molecule has 0 aliphatic heterocycles. The molecule has 1 heterocycles. The van der Waals surface area contributed by atoms with Crippen LogP contribution in [0.3, 0.4) is 0 Å². The number of hydrogen-bond acceptors (Lipinski definition) is 1. The van der Waals surface area contributed by atoms with E-state index in [2.05, 4.69) is 164 Å². The molecule has 218 valence electrons. The molecule has 0 saturated carbocycles. The molecule has 9 aromatic carbocycles. The Morgan fingerprint density at radius 2 is 0.809 bits per heavy atom. The van der Waals surface area contributed by atoms with Gasteiger partial charge >= 0.3 is 0 Å². The minimum atomic E-state index is 0.915. The maximum absolute atomic E-state index is 6.29. The summed E-state index contributed by atoms with van der Waals surface area (Å²) in [5.74, 6) is 0. The summed E-state index contributed by atoms with van der Waals surface area (Å²) in [6, 6.07) is 61.6. The Morgan fingerprint density at radius 3 is 1.55 bits per heavy atom. The minimum absolute atomic E-state index is 0.915. The van der Waals surface area contributed by atoms with Crippen molar-refractivity contribution in [2.24, 2.45) is 0 Å². The highest BCUT2D eigenvalue weighted by atomic mass is 16.3. The first kappa shape index (κ1) is 26.1. The van der Waals surface area contributed by atoms with Gasteiger partial charge in [0.05, 0.1) is 0 Å². The smallest absolute Gasteiger partial charge is 0.136 e. The molecule has 1 heteroatoms. The van der Waals surface area contributed by atoms with Crippen molar-refractivity contribution in [2.75, 3.05) is 0 Å². The van der Waals surface area contributed by atoms with E-state index in [1.165, 1.54) is 76.5 Å². The first-order chi connectivity index (χ1) is 23.3. The Morgan fingerprint density at radius 1 is 0.298 bits per heavy atom. The SMILES string of the molecule is c1ccc2cc(-c3c4ccccc4c(-c4cccc5c(-c6cccc7oc8ccccc8c67)cccc45)c4ccccc34)ccc2c1. The van der Waals surface area contributed by atoms with Crippen molar-refractivity contribution in [3.05, 3.63) is 170 Å². The molecule has 1 nitrogen and oxygen atoms in total. The van der Waals surface area contributed by atoms with Gasteiger partial charge in [-0.2, -0.15) is 0 Å². The van der Waals surface area contributed by atoms with E-state index in [-0.39, 0.29) is 0 Å². The summed E-state index contributed by atoms with van der Waals surface area (Å²) in [4.78, 5) is 0. The van der Waals surface area contributed by atoms with Gasteiger partial charge < -0.3 is 4.42 Å². The first-order valence-electron chi connectivity index (χ1n) is 16.2. The maximum atomic E-state index is 6.29. The van der Waals surface area contributed by atoms with Crippen LogP contribution in [0, 0.1) is 0 Å². The lowest BCUT2D eigenvalue weighted by atomic mass is 9.83. The average Bonchev–Trinajstić information content (AvgIpc) is 3.52. The lowest BCUT2D eigenvalue weighted by Crippen LogP contribution is -1.92. The van der Waals surface area contributed by atoms with Gasteiger partial charge in [0.1, 0.15) is 11.2 Å². The van der Waals surface area contributed by atoms with Crippen molar-refractivity contribution in [1.82, 2.24) is 0 Å². The van der Waals surface area contributed by atoms with Crippen molar-refractivity contribution in [3.63, 3.8) is 0 Å². The van der Waals surface area contributed by atoms with Crippen LogP contribution in [-0.2, 0) is 0 Å². The highest BCUT2D eigenvalue weighted by Gasteiger charge is 2.20. The molecule has 0 saturated heterocycles. The number of furan rings is 1. The molecule has 0 atom stereocenters. The number of rotatable bonds is 3. The zero-order valence-corrected chi connectivity index (χ0v) is 25.6. The predicted octanol–water partition coefficient (Wildman–Crippen LogP) is 13.2. The highest BCUT2D eigenvalue weighted by Crippen LogP contribution is 2.47. The summed E-state index contributed by atoms with van der Waals surface area (Å²) in [7, 11) is 0. The maximum Gasteiger partial charge on any atom is 0.136 e. The molecule has 0 aliphatic carbocycles. The van der Waals surface area contributed by atoms with Crippen LogP contribution in [0.4, 0.5) is 0 Å². The normalized spacial score (nSPS) is 11.8. The second-order valence-electron chi connectivity index (χ2n) is 12.4. The molecule has 0 aliphatic rings. The molecule has 0 amide bonds. The third-order valence-corrected chi connectivity index (χ3v) is 9.85. The van der Waals surface area contributed by atoms with Gasteiger partial charge in [-0.15, -0.1) is 0 Å². The van der Waals surface area contributed by atoms with Gasteiger partial charge in [0.2, 0.25) is 0 Å². The predicted molar refractivity (Wildman–Crippen MR) is 200 cm³/mol. The monoisotopic (exact) mass is 596 g/mol. The Kier molecular flexibility index (Phi) is 5.64. The van der Waals surface area contributed by atoms with E-state index in [0.717, 1.165) is 21.9 Å². The Bertz CT molecular complexity index is 2800. The molecule has 0 spiro atoms. The Labute approximate surface area is 271 Å². The molecule has 0 fully saturated rings. The third kappa shape index (κ3) is 3.90. The molecular formula is C46H28O. The zero-order valence-electron chi connectivity index (χ0n) is 25.6. The lowest BCUT2D eigenvalue weighted by Gasteiger charge is -2.19. The lowest BCUT2D eigenvalue weighted by molar-refractivity contribution is 0.669. The number of para-hydroxylation sites is 1. The van der Waals surface area contributed by atoms with Gasteiger partial charge in [-0.25, -0.2) is 0 Å². The van der Waals surface area contributed by atoms with Gasteiger partial charge in [0.15, 0.2) is 0 Å². The summed E-state index contributed by atoms with van der Waals surface area (Å²) >= 11 is 0. The molecule has 47 heavy (non-hydrogen) atoms. The van der Waals surface area contributed by atoms with E-state index in [1.54, 1.807) is 0 Å². The highest BCUT2D eigenvalue weighted by molar-refractivity contribution is 6.25. The third-order valence-electron chi connectivity index (χ3n) is 9.85. The van der Waals surface area contributed by atoms with Crippen LogP contribution in [-0.4, -0.2) is 0 Å². The van der Waals surface area contributed by atoms with Crippen molar-refractivity contribution in [3.8, 4) is 33.4 Å². The fourth-order valence-electron chi connectivity index (χ4n) is 7.84. The van der Waals surface area contributed by atoms with E-state index >= 15 is 0 Å². The molecule has 1 aromatic heterocycles. The van der Waals surface area contributed by atoms with Crippen LogP contribution < -0.4 is 0 Å². The minimum Gasteiger partial charge on any atom is -0.456 e. The van der Waals surface area contributed by atoms with Crippen LogP contribution in [0.15, 0.2) is 174 Å². The second-order valence-corrected chi connectivity index (χ2v) is 12.4. The van der Waals surface area contributed by atoms with Crippen LogP contribution >= 0.6 is 0 Å². The summed E-state index contributed by atoms with van der Waals surface area (Å²) in [6.45, 7) is 0. The Hall–Kier alpha value is -6.18. The standard InChI is InChI=1S/C46H28O/c1-2-13-30-28-31(27-26-29(30)12-1)44-37-14-3-5-16-39(37)45(40-17-6-4-15-38(40)44)35-22-10-19-32-33(35)20-9-21-34(32)36-23-11-25-43-46(36)41-18-7-8-24-42(41)47-43/h1-28H. The van der Waals surface area contributed by atoms with Crippen LogP contribution in [0.5, 0.6) is 0 Å². The fraction of sp³-hybridized carbons (Fsp3) is 0. The molecular weight excluding hydrogens is 569 g/mol. The summed E-state index contributed by atoms with van der Waals surface area (Å²) in [5, 5.41) is 12.3. The van der Waals surface area contributed by atoms with Gasteiger partial charge in [-0.3, -0.25) is 0 Å². The van der Waals surface area contributed by atoms with E-state index in [9.17, 15) is 0 Å². The molecule has 0 bridgehead atoms. The van der Waals surface area contributed by atoms with Gasteiger partial charge in [0, 0.05) is 10.8 Å². The average molecular weight is 597 g/mol. The van der Waals surface area contributed by atoms with Crippen LogP contribution in [0.2, 0.25) is 0 Å². The van der Waals surface area contributed by atoms with Crippen molar-refractivity contribution in [1.29, 1.82) is 0 Å². The van der Waals surface area contributed by atoms with Gasteiger partial charge in [-0.1, -0.05) is 152 Å².